The fourth-order valence-electron chi connectivity index (χ4n) is 4.13. The van der Waals surface area contributed by atoms with Gasteiger partial charge in [0.15, 0.2) is 0 Å². The van der Waals surface area contributed by atoms with Crippen molar-refractivity contribution in [2.24, 2.45) is 17.8 Å². The Bertz CT molecular complexity index is 563. The van der Waals surface area contributed by atoms with Crippen molar-refractivity contribution in [3.63, 3.8) is 0 Å². The first-order valence-electron chi connectivity index (χ1n) is 8.62. The number of aliphatic carboxylic acids is 1. The molecular weight excluding hydrogens is 290 g/mol. The fraction of sp³-hybridized carbons (Fsp3) is 0.579. The summed E-state index contributed by atoms with van der Waals surface area (Å²) in [6, 6.07) is 10.5. The smallest absolute Gasteiger partial charge is 0.308 e. The lowest BCUT2D eigenvalue weighted by Gasteiger charge is -2.30. The number of hydrogen-bond donors (Lipinski definition) is 1. The molecular formula is C19H25NO3. The zero-order valence-corrected chi connectivity index (χ0v) is 13.6. The molecule has 2 fully saturated rings. The van der Waals surface area contributed by atoms with Crippen LogP contribution in [-0.4, -0.2) is 35.0 Å². The zero-order chi connectivity index (χ0) is 16.4. The standard InChI is InChI=1S/C19H25NO3/c1-13-11-20(12-17(13)19(22)23)18(21)16-9-7-15(8-10-16)14-5-3-2-4-6-14/h2-6,13,15-17H,7-12H2,1H3,(H,22,23)/t13-,15?,16?,17-/m1/s1. The predicted octanol–water partition coefficient (Wildman–Crippen LogP) is 3.14. The normalized spacial score (nSPS) is 31.1. The SMILES string of the molecule is C[C@@H]1CN(C(=O)C2CCC(c3ccccc3)CC2)C[C@H]1C(=O)O. The van der Waals surface area contributed by atoms with E-state index < -0.39 is 11.9 Å². The molecule has 1 heterocycles. The minimum absolute atomic E-state index is 0.0529. The molecule has 1 amide bonds. The van der Waals surface area contributed by atoms with E-state index in [1.807, 2.05) is 13.0 Å². The molecule has 124 valence electrons. The van der Waals surface area contributed by atoms with Gasteiger partial charge in [0, 0.05) is 19.0 Å². The first-order chi connectivity index (χ1) is 11.1. The molecule has 1 saturated heterocycles. The lowest BCUT2D eigenvalue weighted by molar-refractivity contribution is -0.142. The van der Waals surface area contributed by atoms with Gasteiger partial charge in [0.05, 0.1) is 5.92 Å². The fourth-order valence-corrected chi connectivity index (χ4v) is 4.13. The second kappa shape index (κ2) is 6.73. The summed E-state index contributed by atoms with van der Waals surface area (Å²) in [7, 11) is 0. The highest BCUT2D eigenvalue weighted by molar-refractivity contribution is 5.81. The van der Waals surface area contributed by atoms with Crippen LogP contribution >= 0.6 is 0 Å². The lowest BCUT2D eigenvalue weighted by Crippen LogP contribution is -2.36. The second-order valence-electron chi connectivity index (χ2n) is 7.12. The molecule has 2 atom stereocenters. The molecule has 1 aliphatic carbocycles. The third-order valence-corrected chi connectivity index (χ3v) is 5.59. The summed E-state index contributed by atoms with van der Waals surface area (Å²) in [5.41, 5.74) is 1.37. The van der Waals surface area contributed by atoms with Crippen LogP contribution in [0.4, 0.5) is 0 Å². The van der Waals surface area contributed by atoms with Crippen LogP contribution in [0.3, 0.4) is 0 Å². The summed E-state index contributed by atoms with van der Waals surface area (Å²) in [6.45, 7) is 2.90. The number of nitrogens with zero attached hydrogens (tertiary/aromatic N) is 1. The molecule has 0 unspecified atom stereocenters. The van der Waals surface area contributed by atoms with Gasteiger partial charge in [-0.15, -0.1) is 0 Å². The van der Waals surface area contributed by atoms with Gasteiger partial charge in [-0.2, -0.15) is 0 Å². The number of rotatable bonds is 3. The van der Waals surface area contributed by atoms with E-state index in [1.54, 1.807) is 4.90 Å². The van der Waals surface area contributed by atoms with Crippen LogP contribution in [-0.2, 0) is 9.59 Å². The quantitative estimate of drug-likeness (QED) is 0.932. The molecule has 23 heavy (non-hydrogen) atoms. The Morgan fingerprint density at radius 3 is 2.26 bits per heavy atom. The monoisotopic (exact) mass is 315 g/mol. The van der Waals surface area contributed by atoms with E-state index in [0.717, 1.165) is 25.7 Å². The number of carbonyl (C=O) groups is 2. The molecule has 0 radical (unpaired) electrons. The van der Waals surface area contributed by atoms with Crippen molar-refractivity contribution in [2.45, 2.75) is 38.5 Å². The van der Waals surface area contributed by atoms with Crippen LogP contribution in [0.5, 0.6) is 0 Å². The lowest BCUT2D eigenvalue weighted by atomic mass is 9.78. The number of amides is 1. The molecule has 2 aliphatic rings. The molecule has 3 rings (SSSR count). The molecule has 1 aromatic rings. The molecule has 0 aromatic heterocycles. The number of carboxylic acid groups (broad SMARTS) is 1. The highest BCUT2D eigenvalue weighted by atomic mass is 16.4. The van der Waals surface area contributed by atoms with Crippen molar-refractivity contribution in [1.29, 1.82) is 0 Å². The molecule has 1 saturated carbocycles. The molecule has 4 nitrogen and oxygen atoms in total. The molecule has 0 bridgehead atoms. The van der Waals surface area contributed by atoms with Crippen molar-refractivity contribution < 1.29 is 14.7 Å². The Kier molecular flexibility index (Phi) is 4.69. The topological polar surface area (TPSA) is 57.6 Å². The summed E-state index contributed by atoms with van der Waals surface area (Å²) in [6.07, 6.45) is 3.93. The van der Waals surface area contributed by atoms with E-state index in [9.17, 15) is 14.7 Å². The minimum atomic E-state index is -0.777. The Morgan fingerprint density at radius 1 is 1.04 bits per heavy atom. The average Bonchev–Trinajstić information content (AvgIpc) is 2.97. The maximum atomic E-state index is 12.7. The van der Waals surface area contributed by atoms with Gasteiger partial charge in [-0.05, 0) is 43.1 Å². The molecule has 1 N–H and O–H groups in total. The van der Waals surface area contributed by atoms with E-state index in [4.69, 9.17) is 0 Å². The summed E-state index contributed by atoms with van der Waals surface area (Å²) in [4.78, 5) is 25.7. The first-order valence-corrected chi connectivity index (χ1v) is 8.62. The van der Waals surface area contributed by atoms with Crippen LogP contribution in [0.2, 0.25) is 0 Å². The first kappa shape index (κ1) is 16.0. The van der Waals surface area contributed by atoms with E-state index in [1.165, 1.54) is 5.56 Å². The van der Waals surface area contributed by atoms with Gasteiger partial charge < -0.3 is 10.0 Å². The molecule has 0 spiro atoms. The van der Waals surface area contributed by atoms with Crippen LogP contribution < -0.4 is 0 Å². The van der Waals surface area contributed by atoms with E-state index in [2.05, 4.69) is 24.3 Å². The van der Waals surface area contributed by atoms with E-state index in [0.29, 0.717) is 19.0 Å². The Balaban J connectivity index is 1.56. The number of hydrogen-bond acceptors (Lipinski definition) is 2. The predicted molar refractivity (Wildman–Crippen MR) is 88.0 cm³/mol. The van der Waals surface area contributed by atoms with Crippen molar-refractivity contribution in [3.05, 3.63) is 35.9 Å². The van der Waals surface area contributed by atoms with Crippen molar-refractivity contribution >= 4 is 11.9 Å². The van der Waals surface area contributed by atoms with Crippen LogP contribution in [0.15, 0.2) is 30.3 Å². The minimum Gasteiger partial charge on any atom is -0.481 e. The van der Waals surface area contributed by atoms with Gasteiger partial charge in [0.1, 0.15) is 0 Å². The maximum Gasteiger partial charge on any atom is 0.308 e. The largest absolute Gasteiger partial charge is 0.481 e. The summed E-state index contributed by atoms with van der Waals surface area (Å²) >= 11 is 0. The van der Waals surface area contributed by atoms with E-state index >= 15 is 0 Å². The van der Waals surface area contributed by atoms with Crippen molar-refractivity contribution in [1.82, 2.24) is 4.90 Å². The van der Waals surface area contributed by atoms with E-state index in [-0.39, 0.29) is 17.7 Å². The number of benzene rings is 1. The van der Waals surface area contributed by atoms with Crippen LogP contribution in [0.1, 0.15) is 44.1 Å². The molecule has 4 heteroatoms. The second-order valence-corrected chi connectivity index (χ2v) is 7.12. The number of likely N-dealkylation sites (tertiary alicyclic amines) is 1. The number of carbonyl (C=O) groups excluding carboxylic acids is 1. The van der Waals surface area contributed by atoms with Gasteiger partial charge in [-0.3, -0.25) is 9.59 Å². The van der Waals surface area contributed by atoms with Gasteiger partial charge in [0.2, 0.25) is 5.91 Å². The van der Waals surface area contributed by atoms with Crippen LogP contribution in [0.25, 0.3) is 0 Å². The van der Waals surface area contributed by atoms with Crippen molar-refractivity contribution in [3.8, 4) is 0 Å². The summed E-state index contributed by atoms with van der Waals surface area (Å²) in [5.74, 6) is -0.316. The number of carboxylic acids is 1. The van der Waals surface area contributed by atoms with Gasteiger partial charge in [-0.1, -0.05) is 37.3 Å². The average molecular weight is 315 g/mol. The highest BCUT2D eigenvalue weighted by Crippen LogP contribution is 2.37. The summed E-state index contributed by atoms with van der Waals surface area (Å²) < 4.78 is 0. The zero-order valence-electron chi connectivity index (χ0n) is 13.6. The third-order valence-electron chi connectivity index (χ3n) is 5.59. The third kappa shape index (κ3) is 3.41. The summed E-state index contributed by atoms with van der Waals surface area (Å²) in [5, 5.41) is 9.22. The van der Waals surface area contributed by atoms with Gasteiger partial charge >= 0.3 is 5.97 Å². The molecule has 1 aromatic carbocycles. The van der Waals surface area contributed by atoms with Gasteiger partial charge in [0.25, 0.3) is 0 Å². The maximum absolute atomic E-state index is 12.7. The van der Waals surface area contributed by atoms with Crippen LogP contribution in [0, 0.1) is 17.8 Å². The Hall–Kier alpha value is -1.84. The Labute approximate surface area is 137 Å². The van der Waals surface area contributed by atoms with Crippen molar-refractivity contribution in [2.75, 3.05) is 13.1 Å². The highest BCUT2D eigenvalue weighted by Gasteiger charge is 2.39. The Morgan fingerprint density at radius 2 is 1.70 bits per heavy atom. The molecule has 1 aliphatic heterocycles. The van der Waals surface area contributed by atoms with Gasteiger partial charge in [-0.25, -0.2) is 0 Å².